The molecule has 1 unspecified atom stereocenters. The molecule has 1 aliphatic heterocycles. The average molecular weight is 322 g/mol. The summed E-state index contributed by atoms with van der Waals surface area (Å²) < 4.78 is 0. The minimum atomic E-state index is 0.0424. The van der Waals surface area contributed by atoms with Crippen LogP contribution in [0.4, 0.5) is 4.79 Å². The zero-order chi connectivity index (χ0) is 16.8. The Morgan fingerprint density at radius 3 is 2.25 bits per heavy atom. The highest BCUT2D eigenvalue weighted by Crippen LogP contribution is 2.22. The molecule has 24 heavy (non-hydrogen) atoms. The molecule has 0 saturated carbocycles. The summed E-state index contributed by atoms with van der Waals surface area (Å²) in [6.07, 6.45) is 3.29. The van der Waals surface area contributed by atoms with E-state index in [4.69, 9.17) is 0 Å². The fourth-order valence-corrected chi connectivity index (χ4v) is 3.39. The summed E-state index contributed by atoms with van der Waals surface area (Å²) in [5, 5.41) is 3.12. The van der Waals surface area contributed by atoms with Gasteiger partial charge in [0, 0.05) is 13.1 Å². The van der Waals surface area contributed by atoms with Crippen LogP contribution in [0.5, 0.6) is 0 Å². The van der Waals surface area contributed by atoms with E-state index >= 15 is 0 Å². The van der Waals surface area contributed by atoms with Gasteiger partial charge < -0.3 is 10.2 Å². The van der Waals surface area contributed by atoms with Crippen molar-refractivity contribution in [3.05, 3.63) is 71.8 Å². The van der Waals surface area contributed by atoms with Gasteiger partial charge in [0.15, 0.2) is 0 Å². The molecular formula is C21H26N2O. The van der Waals surface area contributed by atoms with Gasteiger partial charge in [0.2, 0.25) is 0 Å². The van der Waals surface area contributed by atoms with E-state index in [9.17, 15) is 4.79 Å². The molecule has 2 aromatic carbocycles. The summed E-state index contributed by atoms with van der Waals surface area (Å²) in [6, 6.07) is 20.9. The van der Waals surface area contributed by atoms with E-state index in [1.807, 2.05) is 30.0 Å². The number of carbonyl (C=O) groups excluding carboxylic acids is 1. The van der Waals surface area contributed by atoms with Gasteiger partial charge in [-0.3, -0.25) is 0 Å². The molecule has 1 atom stereocenters. The predicted molar refractivity (Wildman–Crippen MR) is 97.8 cm³/mol. The molecule has 1 heterocycles. The molecule has 1 N–H and O–H groups in total. The van der Waals surface area contributed by atoms with E-state index in [1.54, 1.807) is 0 Å². The number of nitrogens with zero attached hydrogens (tertiary/aromatic N) is 1. The van der Waals surface area contributed by atoms with Crippen LogP contribution >= 0.6 is 0 Å². The molecule has 3 nitrogen and oxygen atoms in total. The van der Waals surface area contributed by atoms with Crippen molar-refractivity contribution in [3.8, 4) is 0 Å². The van der Waals surface area contributed by atoms with Crippen LogP contribution in [0, 0.1) is 5.92 Å². The normalized spacial score (nSPS) is 16.6. The second-order valence-corrected chi connectivity index (χ2v) is 6.70. The fourth-order valence-electron chi connectivity index (χ4n) is 3.39. The maximum atomic E-state index is 12.5. The minimum Gasteiger partial charge on any atom is -0.331 e. The van der Waals surface area contributed by atoms with Crippen LogP contribution in [0.15, 0.2) is 60.7 Å². The number of amides is 2. The van der Waals surface area contributed by atoms with Gasteiger partial charge in [-0.2, -0.15) is 0 Å². The summed E-state index contributed by atoms with van der Waals surface area (Å²) in [5.74, 6) is 0.683. The number of hydrogen-bond donors (Lipinski definition) is 1. The second-order valence-electron chi connectivity index (χ2n) is 6.70. The van der Waals surface area contributed by atoms with Gasteiger partial charge in [-0.15, -0.1) is 0 Å². The molecule has 3 heteroatoms. The Labute approximate surface area is 144 Å². The van der Waals surface area contributed by atoms with Crippen molar-refractivity contribution >= 4 is 6.03 Å². The third-order valence-corrected chi connectivity index (χ3v) is 4.91. The Bertz CT molecular complexity index is 633. The van der Waals surface area contributed by atoms with Crippen LogP contribution < -0.4 is 5.32 Å². The number of hydrogen-bond acceptors (Lipinski definition) is 1. The smallest absolute Gasteiger partial charge is 0.317 e. The van der Waals surface area contributed by atoms with Crippen LogP contribution in [-0.4, -0.2) is 24.0 Å². The number of carbonyl (C=O) groups is 1. The van der Waals surface area contributed by atoms with Crippen LogP contribution in [0.3, 0.4) is 0 Å². The first kappa shape index (κ1) is 16.6. The molecule has 0 aliphatic carbocycles. The van der Waals surface area contributed by atoms with Crippen LogP contribution in [-0.2, 0) is 6.42 Å². The summed E-state index contributed by atoms with van der Waals surface area (Å²) in [5.41, 5.74) is 2.54. The highest BCUT2D eigenvalue weighted by atomic mass is 16.2. The van der Waals surface area contributed by atoms with Crippen molar-refractivity contribution in [1.82, 2.24) is 10.2 Å². The number of rotatable bonds is 4. The van der Waals surface area contributed by atoms with E-state index in [-0.39, 0.29) is 12.1 Å². The Balaban J connectivity index is 1.47. The molecule has 1 fully saturated rings. The van der Waals surface area contributed by atoms with E-state index in [0.29, 0.717) is 5.92 Å². The number of urea groups is 1. The number of nitrogens with one attached hydrogen (secondary N) is 1. The fraction of sp³-hybridized carbons (Fsp3) is 0.381. The second kappa shape index (κ2) is 8.00. The maximum Gasteiger partial charge on any atom is 0.317 e. The topological polar surface area (TPSA) is 32.3 Å². The summed E-state index contributed by atoms with van der Waals surface area (Å²) in [4.78, 5) is 14.4. The molecule has 1 aliphatic rings. The number of piperidine rings is 1. The Kier molecular flexibility index (Phi) is 5.52. The maximum absolute atomic E-state index is 12.5. The minimum absolute atomic E-state index is 0.0424. The van der Waals surface area contributed by atoms with E-state index in [2.05, 4.69) is 47.8 Å². The Morgan fingerprint density at radius 2 is 1.62 bits per heavy atom. The molecule has 0 spiro atoms. The monoisotopic (exact) mass is 322 g/mol. The number of benzene rings is 2. The van der Waals surface area contributed by atoms with Gasteiger partial charge in [-0.1, -0.05) is 60.7 Å². The van der Waals surface area contributed by atoms with Crippen molar-refractivity contribution in [2.24, 2.45) is 5.92 Å². The van der Waals surface area contributed by atoms with E-state index in [1.165, 1.54) is 5.56 Å². The lowest BCUT2D eigenvalue weighted by molar-refractivity contribution is 0.167. The van der Waals surface area contributed by atoms with Gasteiger partial charge in [0.25, 0.3) is 0 Å². The zero-order valence-electron chi connectivity index (χ0n) is 14.3. The van der Waals surface area contributed by atoms with Crippen molar-refractivity contribution in [3.63, 3.8) is 0 Å². The molecule has 0 bridgehead atoms. The Hall–Kier alpha value is -2.29. The van der Waals surface area contributed by atoms with Gasteiger partial charge in [0.05, 0.1) is 6.04 Å². The molecule has 2 amide bonds. The largest absolute Gasteiger partial charge is 0.331 e. The lowest BCUT2D eigenvalue weighted by atomic mass is 9.90. The molecular weight excluding hydrogens is 296 g/mol. The van der Waals surface area contributed by atoms with Crippen LogP contribution in [0.25, 0.3) is 0 Å². The first-order valence-corrected chi connectivity index (χ1v) is 8.86. The van der Waals surface area contributed by atoms with Gasteiger partial charge in [0.1, 0.15) is 0 Å². The van der Waals surface area contributed by atoms with Gasteiger partial charge in [-0.05, 0) is 43.2 Å². The lowest BCUT2D eigenvalue weighted by Gasteiger charge is -2.33. The van der Waals surface area contributed by atoms with Crippen LogP contribution in [0.2, 0.25) is 0 Å². The third kappa shape index (κ3) is 4.38. The zero-order valence-corrected chi connectivity index (χ0v) is 14.3. The highest BCUT2D eigenvalue weighted by Gasteiger charge is 2.23. The predicted octanol–water partition coefficient (Wildman–Crippen LogP) is 4.41. The first-order valence-electron chi connectivity index (χ1n) is 8.86. The molecule has 0 aromatic heterocycles. The average Bonchev–Trinajstić information content (AvgIpc) is 2.64. The Morgan fingerprint density at radius 1 is 1.04 bits per heavy atom. The van der Waals surface area contributed by atoms with Gasteiger partial charge in [-0.25, -0.2) is 4.79 Å². The molecule has 0 radical (unpaired) electrons. The van der Waals surface area contributed by atoms with Gasteiger partial charge >= 0.3 is 6.03 Å². The van der Waals surface area contributed by atoms with E-state index in [0.717, 1.165) is 37.9 Å². The first-order chi connectivity index (χ1) is 11.7. The quantitative estimate of drug-likeness (QED) is 0.888. The molecule has 1 saturated heterocycles. The molecule has 3 rings (SSSR count). The van der Waals surface area contributed by atoms with Crippen molar-refractivity contribution in [2.75, 3.05) is 13.1 Å². The van der Waals surface area contributed by atoms with E-state index < -0.39 is 0 Å². The number of likely N-dealkylation sites (tertiary alicyclic amines) is 1. The summed E-state index contributed by atoms with van der Waals surface area (Å²) in [7, 11) is 0. The SMILES string of the molecule is CC(NC(=O)N1CCC(Cc2ccccc2)CC1)c1ccccc1. The lowest BCUT2D eigenvalue weighted by Crippen LogP contribution is -2.45. The summed E-state index contributed by atoms with van der Waals surface area (Å²) >= 11 is 0. The summed E-state index contributed by atoms with van der Waals surface area (Å²) in [6.45, 7) is 3.74. The standard InChI is InChI=1S/C21H26N2O/c1-17(20-10-6-3-7-11-20)22-21(24)23-14-12-19(13-15-23)16-18-8-4-2-5-9-18/h2-11,17,19H,12-16H2,1H3,(H,22,24). The molecule has 126 valence electrons. The van der Waals surface area contributed by atoms with Crippen molar-refractivity contribution < 1.29 is 4.79 Å². The van der Waals surface area contributed by atoms with Crippen molar-refractivity contribution in [1.29, 1.82) is 0 Å². The molecule has 2 aromatic rings. The van der Waals surface area contributed by atoms with Crippen LogP contribution in [0.1, 0.15) is 36.9 Å². The highest BCUT2D eigenvalue weighted by molar-refractivity contribution is 5.74. The van der Waals surface area contributed by atoms with Crippen molar-refractivity contribution in [2.45, 2.75) is 32.2 Å². The third-order valence-electron chi connectivity index (χ3n) is 4.91.